The van der Waals surface area contributed by atoms with Gasteiger partial charge in [0.1, 0.15) is 5.69 Å². The van der Waals surface area contributed by atoms with Crippen molar-refractivity contribution in [1.82, 2.24) is 9.47 Å². The zero-order chi connectivity index (χ0) is 19.7. The molecule has 4 rings (SSSR count). The van der Waals surface area contributed by atoms with E-state index >= 15 is 0 Å². The van der Waals surface area contributed by atoms with Gasteiger partial charge in [-0.05, 0) is 36.2 Å². The summed E-state index contributed by atoms with van der Waals surface area (Å²) in [5.74, 6) is -1.12. The number of alkyl halides is 5. The van der Waals surface area contributed by atoms with Gasteiger partial charge in [-0.2, -0.15) is 22.0 Å². The van der Waals surface area contributed by atoms with E-state index < -0.39 is 36.3 Å². The highest BCUT2D eigenvalue weighted by Gasteiger charge is 2.45. The maximum atomic E-state index is 13.7. The zero-order valence-electron chi connectivity index (χ0n) is 14.2. The standard InChI is InChI=1S/C18H16F5N3O/c1-25-7-8(16(24)27)5-10-9-3-2-4-12-14(9)11(6-13(10)25)15(18(21,22)23)26(12)17(19)20/h2-5,8,13,17H,6-7H2,1H3,(H2,24,27)/t8-,13-/m1/s1. The monoisotopic (exact) mass is 385 g/mol. The molecule has 2 heterocycles. The quantitative estimate of drug-likeness (QED) is 0.806. The first-order valence-corrected chi connectivity index (χ1v) is 8.34. The first kappa shape index (κ1) is 18.0. The van der Waals surface area contributed by atoms with Gasteiger partial charge in [0.15, 0.2) is 0 Å². The Morgan fingerprint density at radius 1 is 1.30 bits per heavy atom. The SMILES string of the molecule is CN1C[C@H](C(N)=O)C=C2c3cccc4c3c(c(C(F)(F)F)n4C(F)F)C[C@H]21. The molecule has 1 aromatic carbocycles. The van der Waals surface area contributed by atoms with E-state index in [-0.39, 0.29) is 34.0 Å². The molecule has 0 saturated heterocycles. The minimum atomic E-state index is -4.91. The molecule has 9 heteroatoms. The van der Waals surface area contributed by atoms with Crippen molar-refractivity contribution in [2.75, 3.05) is 13.6 Å². The largest absolute Gasteiger partial charge is 0.431 e. The number of rotatable bonds is 2. The molecule has 1 aromatic heterocycles. The van der Waals surface area contributed by atoms with E-state index in [9.17, 15) is 26.7 Å². The number of benzene rings is 1. The maximum absolute atomic E-state index is 13.7. The fourth-order valence-electron chi connectivity index (χ4n) is 4.35. The van der Waals surface area contributed by atoms with Crippen molar-refractivity contribution in [3.05, 3.63) is 41.1 Å². The second-order valence-electron chi connectivity index (χ2n) is 6.96. The molecule has 27 heavy (non-hydrogen) atoms. The van der Waals surface area contributed by atoms with Crippen molar-refractivity contribution in [1.29, 1.82) is 0 Å². The molecule has 0 bridgehead atoms. The molecule has 1 aliphatic heterocycles. The van der Waals surface area contributed by atoms with Gasteiger partial charge in [-0.3, -0.25) is 14.3 Å². The molecule has 144 valence electrons. The van der Waals surface area contributed by atoms with E-state index in [1.54, 1.807) is 24.1 Å². The Balaban J connectivity index is 2.07. The minimum absolute atomic E-state index is 0.0596. The number of carbonyl (C=O) groups excluding carboxylic acids is 1. The van der Waals surface area contributed by atoms with Crippen molar-refractivity contribution < 1.29 is 26.7 Å². The highest BCUT2D eigenvalue weighted by atomic mass is 19.4. The van der Waals surface area contributed by atoms with Gasteiger partial charge in [-0.25, -0.2) is 0 Å². The molecule has 0 unspecified atom stereocenters. The summed E-state index contributed by atoms with van der Waals surface area (Å²) in [4.78, 5) is 13.4. The zero-order valence-corrected chi connectivity index (χ0v) is 14.2. The number of aromatic nitrogens is 1. The number of primary amides is 1. The average molecular weight is 385 g/mol. The van der Waals surface area contributed by atoms with Crippen LogP contribution in [0, 0.1) is 5.92 Å². The Labute approximate surface area is 151 Å². The fraction of sp³-hybridized carbons (Fsp3) is 0.389. The number of hydrogen-bond donors (Lipinski definition) is 1. The van der Waals surface area contributed by atoms with Gasteiger partial charge in [0, 0.05) is 18.0 Å². The Morgan fingerprint density at radius 3 is 2.59 bits per heavy atom. The first-order valence-electron chi connectivity index (χ1n) is 8.34. The third-order valence-electron chi connectivity index (χ3n) is 5.42. The third kappa shape index (κ3) is 2.55. The number of halogens is 5. The van der Waals surface area contributed by atoms with Gasteiger partial charge in [0.2, 0.25) is 5.91 Å². The second kappa shape index (κ2) is 5.79. The summed E-state index contributed by atoms with van der Waals surface area (Å²) in [5.41, 5.74) is 4.92. The van der Waals surface area contributed by atoms with E-state index in [0.717, 1.165) is 0 Å². The summed E-state index contributed by atoms with van der Waals surface area (Å²) in [6.45, 7) is -3.05. The average Bonchev–Trinajstić information content (AvgIpc) is 2.92. The van der Waals surface area contributed by atoms with E-state index in [1.165, 1.54) is 12.1 Å². The number of fused-ring (bicyclic) bond motifs is 2. The van der Waals surface area contributed by atoms with Crippen LogP contribution in [0.25, 0.3) is 16.5 Å². The van der Waals surface area contributed by atoms with Crippen LogP contribution >= 0.6 is 0 Å². The lowest BCUT2D eigenvalue weighted by atomic mass is 9.79. The van der Waals surface area contributed by atoms with Crippen LogP contribution in [0.2, 0.25) is 0 Å². The predicted molar refractivity (Wildman–Crippen MR) is 89.0 cm³/mol. The van der Waals surface area contributed by atoms with Crippen molar-refractivity contribution >= 4 is 22.4 Å². The molecule has 1 aliphatic carbocycles. The van der Waals surface area contributed by atoms with Gasteiger partial charge in [-0.15, -0.1) is 0 Å². The molecule has 0 fully saturated rings. The summed E-state index contributed by atoms with van der Waals surface area (Å²) in [5, 5.41) is 0.172. The molecule has 1 amide bonds. The third-order valence-corrected chi connectivity index (χ3v) is 5.42. The smallest absolute Gasteiger partial charge is 0.369 e. The number of carbonyl (C=O) groups is 1. The van der Waals surface area contributed by atoms with Crippen LogP contribution in [-0.4, -0.2) is 35.0 Å². The number of hydrogen-bond acceptors (Lipinski definition) is 2. The number of amides is 1. The van der Waals surface area contributed by atoms with E-state index in [4.69, 9.17) is 5.73 Å². The van der Waals surface area contributed by atoms with Crippen molar-refractivity contribution in [3.8, 4) is 0 Å². The van der Waals surface area contributed by atoms with Crippen molar-refractivity contribution in [2.24, 2.45) is 11.7 Å². The van der Waals surface area contributed by atoms with Gasteiger partial charge in [-0.1, -0.05) is 18.2 Å². The molecule has 4 nitrogen and oxygen atoms in total. The molecular weight excluding hydrogens is 369 g/mol. The Bertz CT molecular complexity index is 976. The predicted octanol–water partition coefficient (Wildman–Crippen LogP) is 3.41. The van der Waals surface area contributed by atoms with Crippen molar-refractivity contribution in [2.45, 2.75) is 25.2 Å². The van der Waals surface area contributed by atoms with Crippen LogP contribution < -0.4 is 5.73 Å². The van der Waals surface area contributed by atoms with Crippen LogP contribution in [0.4, 0.5) is 22.0 Å². The van der Waals surface area contributed by atoms with Crippen LogP contribution in [0.15, 0.2) is 24.3 Å². The molecule has 2 N–H and O–H groups in total. The first-order chi connectivity index (χ1) is 12.6. The molecule has 0 saturated carbocycles. The highest BCUT2D eigenvalue weighted by Crippen LogP contribution is 2.48. The second-order valence-corrected chi connectivity index (χ2v) is 6.96. The minimum Gasteiger partial charge on any atom is -0.369 e. The summed E-state index contributed by atoms with van der Waals surface area (Å²) in [7, 11) is 1.69. The highest BCUT2D eigenvalue weighted by molar-refractivity contribution is 6.00. The molecular formula is C18H16F5N3O. The Kier molecular flexibility index (Phi) is 3.85. The lowest BCUT2D eigenvalue weighted by molar-refractivity contribution is -0.148. The molecule has 2 aliphatic rings. The topological polar surface area (TPSA) is 51.3 Å². The number of nitrogens with zero attached hydrogens (tertiary/aromatic N) is 2. The fourth-order valence-corrected chi connectivity index (χ4v) is 4.35. The number of nitrogens with two attached hydrogens (primary N) is 1. The van der Waals surface area contributed by atoms with Gasteiger partial charge < -0.3 is 5.73 Å². The number of likely N-dealkylation sites (N-methyl/N-ethyl adjacent to an activating group) is 1. The van der Waals surface area contributed by atoms with E-state index in [1.807, 2.05) is 0 Å². The van der Waals surface area contributed by atoms with Gasteiger partial charge in [0.25, 0.3) is 0 Å². The molecule has 2 aromatic rings. The summed E-state index contributed by atoms with van der Waals surface area (Å²) < 4.78 is 68.3. The maximum Gasteiger partial charge on any atom is 0.431 e. The lowest BCUT2D eigenvalue weighted by Crippen LogP contribution is -2.45. The van der Waals surface area contributed by atoms with Gasteiger partial charge >= 0.3 is 12.7 Å². The van der Waals surface area contributed by atoms with E-state index in [0.29, 0.717) is 11.1 Å². The van der Waals surface area contributed by atoms with Crippen LogP contribution in [-0.2, 0) is 17.4 Å². The van der Waals surface area contributed by atoms with E-state index in [2.05, 4.69) is 0 Å². The summed E-state index contributed by atoms with van der Waals surface area (Å²) in [6, 6.07) is 3.89. The molecule has 2 atom stereocenters. The van der Waals surface area contributed by atoms with Crippen LogP contribution in [0.3, 0.4) is 0 Å². The van der Waals surface area contributed by atoms with Crippen LogP contribution in [0.1, 0.15) is 23.4 Å². The lowest BCUT2D eigenvalue weighted by Gasteiger charge is -2.39. The summed E-state index contributed by atoms with van der Waals surface area (Å²) >= 11 is 0. The molecule has 0 radical (unpaired) electrons. The molecule has 0 spiro atoms. The van der Waals surface area contributed by atoms with Crippen LogP contribution in [0.5, 0.6) is 0 Å². The summed E-state index contributed by atoms with van der Waals surface area (Å²) in [6.07, 6.45) is -3.31. The van der Waals surface area contributed by atoms with Gasteiger partial charge in [0.05, 0.1) is 11.4 Å². The Hall–Kier alpha value is -2.42. The van der Waals surface area contributed by atoms with Crippen molar-refractivity contribution in [3.63, 3.8) is 0 Å². The Morgan fingerprint density at radius 2 is 2.00 bits per heavy atom. The normalized spacial score (nSPS) is 22.9.